The lowest BCUT2D eigenvalue weighted by Crippen LogP contribution is -2.23. The smallest absolute Gasteiger partial charge is 0.343 e. The molecule has 0 radical (unpaired) electrons. The Labute approximate surface area is 129 Å². The van der Waals surface area contributed by atoms with Gasteiger partial charge in [-0.15, -0.1) is 11.3 Å². The highest BCUT2D eigenvalue weighted by Gasteiger charge is 2.36. The van der Waals surface area contributed by atoms with E-state index in [1.165, 1.54) is 18.4 Å². The van der Waals surface area contributed by atoms with Crippen LogP contribution in [0.15, 0.2) is 0 Å². The fraction of sp³-hybridized carbons (Fsp3) is 0.600. The van der Waals surface area contributed by atoms with Crippen molar-refractivity contribution < 1.29 is 14.3 Å². The van der Waals surface area contributed by atoms with Crippen molar-refractivity contribution in [2.75, 3.05) is 31.3 Å². The van der Waals surface area contributed by atoms with E-state index in [-0.39, 0.29) is 17.4 Å². The van der Waals surface area contributed by atoms with Gasteiger partial charge < -0.3 is 15.4 Å². The second-order valence-corrected chi connectivity index (χ2v) is 6.93. The van der Waals surface area contributed by atoms with E-state index < -0.39 is 5.97 Å². The maximum Gasteiger partial charge on any atom is 0.343 e. The second kappa shape index (κ2) is 6.05. The monoisotopic (exact) mass is 310 g/mol. The summed E-state index contributed by atoms with van der Waals surface area (Å²) < 4.78 is 4.83. The number of hydrogen-bond donors (Lipinski definition) is 1. The van der Waals surface area contributed by atoms with Gasteiger partial charge in [-0.25, -0.2) is 4.79 Å². The first kappa shape index (κ1) is 15.8. The number of nitrogens with zero attached hydrogens (tertiary/aromatic N) is 1. The van der Waals surface area contributed by atoms with Crippen LogP contribution < -0.4 is 10.6 Å². The summed E-state index contributed by atoms with van der Waals surface area (Å²) >= 11 is 1.31. The van der Waals surface area contributed by atoms with Crippen molar-refractivity contribution in [2.45, 2.75) is 26.7 Å². The van der Waals surface area contributed by atoms with E-state index in [2.05, 4.69) is 13.8 Å². The lowest BCUT2D eigenvalue weighted by Gasteiger charge is -2.20. The van der Waals surface area contributed by atoms with E-state index in [9.17, 15) is 9.59 Å². The first-order valence-electron chi connectivity index (χ1n) is 7.12. The van der Waals surface area contributed by atoms with Gasteiger partial charge in [-0.05, 0) is 18.8 Å². The predicted molar refractivity (Wildman–Crippen MR) is 85.2 cm³/mol. The molecular weight excluding hydrogens is 288 g/mol. The lowest BCUT2D eigenvalue weighted by atomic mass is 10.1. The molecule has 21 heavy (non-hydrogen) atoms. The van der Waals surface area contributed by atoms with Crippen LogP contribution >= 0.6 is 11.3 Å². The molecule has 6 heteroatoms. The van der Waals surface area contributed by atoms with Gasteiger partial charge >= 0.3 is 5.97 Å². The Morgan fingerprint density at radius 1 is 1.43 bits per heavy atom. The summed E-state index contributed by atoms with van der Waals surface area (Å²) in [5.41, 5.74) is 6.68. The van der Waals surface area contributed by atoms with Gasteiger partial charge in [0.1, 0.15) is 10.6 Å². The van der Waals surface area contributed by atoms with Gasteiger partial charge in [-0.1, -0.05) is 13.8 Å². The van der Waals surface area contributed by atoms with E-state index >= 15 is 0 Å². The van der Waals surface area contributed by atoms with Gasteiger partial charge in [0.25, 0.3) is 0 Å². The van der Waals surface area contributed by atoms with Crippen LogP contribution in [-0.4, -0.2) is 32.5 Å². The van der Waals surface area contributed by atoms with Gasteiger partial charge in [0.15, 0.2) is 5.78 Å². The molecule has 1 saturated carbocycles. The molecule has 1 aromatic heterocycles. The van der Waals surface area contributed by atoms with Crippen LogP contribution in [0, 0.1) is 11.8 Å². The molecule has 0 aliphatic heterocycles. The molecule has 1 aliphatic carbocycles. The number of anilines is 2. The summed E-state index contributed by atoms with van der Waals surface area (Å²) in [5.74, 6) is 0.0992. The van der Waals surface area contributed by atoms with Crippen LogP contribution in [0.1, 0.15) is 46.7 Å². The molecule has 0 saturated heterocycles. The number of ether oxygens (including phenoxy) is 1. The number of Topliss-reactive ketones (excluding diaryl/α,β-unsaturated/α-hetero) is 1. The highest BCUT2D eigenvalue weighted by atomic mass is 32.1. The molecule has 0 aromatic carbocycles. The van der Waals surface area contributed by atoms with Gasteiger partial charge in [0.2, 0.25) is 0 Å². The van der Waals surface area contributed by atoms with E-state index in [1.807, 2.05) is 11.9 Å². The largest absolute Gasteiger partial charge is 0.465 e. The van der Waals surface area contributed by atoms with Crippen molar-refractivity contribution in [1.29, 1.82) is 0 Å². The van der Waals surface area contributed by atoms with Gasteiger partial charge in [0, 0.05) is 19.5 Å². The van der Waals surface area contributed by atoms with E-state index in [0.717, 1.165) is 24.4 Å². The van der Waals surface area contributed by atoms with Crippen molar-refractivity contribution in [3.8, 4) is 0 Å². The Bertz CT molecular complexity index is 562. The molecule has 1 fully saturated rings. The maximum atomic E-state index is 12.3. The number of thiophene rings is 1. The average Bonchev–Trinajstić information content (AvgIpc) is 3.20. The fourth-order valence-corrected chi connectivity index (χ4v) is 3.54. The summed E-state index contributed by atoms with van der Waals surface area (Å²) in [5, 5.41) is 0.719. The summed E-state index contributed by atoms with van der Waals surface area (Å²) in [7, 11) is 3.23. The summed E-state index contributed by atoms with van der Waals surface area (Å²) in [6.45, 7) is 4.98. The zero-order chi connectivity index (χ0) is 15.7. The van der Waals surface area contributed by atoms with E-state index in [4.69, 9.17) is 10.5 Å². The van der Waals surface area contributed by atoms with Crippen molar-refractivity contribution in [3.05, 3.63) is 10.4 Å². The molecule has 0 unspecified atom stereocenters. The van der Waals surface area contributed by atoms with Crippen LogP contribution in [0.5, 0.6) is 0 Å². The van der Waals surface area contributed by atoms with Crippen molar-refractivity contribution in [2.24, 2.45) is 11.8 Å². The summed E-state index contributed by atoms with van der Waals surface area (Å²) in [4.78, 5) is 26.8. The molecule has 0 amide bonds. The average molecular weight is 310 g/mol. The van der Waals surface area contributed by atoms with Crippen LogP contribution in [0.4, 0.5) is 10.7 Å². The summed E-state index contributed by atoms with van der Waals surface area (Å²) in [6.07, 6.45) is 1.84. The number of carbonyl (C=O) groups excluding carboxylic acids is 2. The number of ketones is 1. The molecule has 2 rings (SSSR count). The Morgan fingerprint density at radius 2 is 2.05 bits per heavy atom. The molecule has 0 bridgehead atoms. The van der Waals surface area contributed by atoms with Crippen molar-refractivity contribution >= 4 is 33.8 Å². The summed E-state index contributed by atoms with van der Waals surface area (Å²) in [6, 6.07) is 0. The van der Waals surface area contributed by atoms with E-state index in [0.29, 0.717) is 16.4 Å². The Hall–Kier alpha value is -1.56. The third kappa shape index (κ3) is 3.20. The zero-order valence-electron chi connectivity index (χ0n) is 12.9. The van der Waals surface area contributed by atoms with E-state index in [1.54, 1.807) is 0 Å². The van der Waals surface area contributed by atoms with Crippen LogP contribution in [0.3, 0.4) is 0 Å². The number of nitrogen functional groups attached to an aromatic ring is 1. The Kier molecular flexibility index (Phi) is 4.56. The molecule has 2 N–H and O–H groups in total. The Balaban J connectivity index is 2.43. The first-order chi connectivity index (χ1) is 9.86. The second-order valence-electron chi connectivity index (χ2n) is 5.93. The number of carbonyl (C=O) groups is 2. The zero-order valence-corrected chi connectivity index (χ0v) is 13.8. The molecule has 0 atom stereocenters. The molecule has 5 nitrogen and oxygen atoms in total. The number of methoxy groups -OCH3 is 1. The normalized spacial score (nSPS) is 14.3. The van der Waals surface area contributed by atoms with Crippen LogP contribution in [0.2, 0.25) is 0 Å². The topological polar surface area (TPSA) is 72.6 Å². The predicted octanol–water partition coefficient (Wildman–Crippen LogP) is 2.80. The van der Waals surface area contributed by atoms with Gasteiger partial charge in [-0.2, -0.15) is 0 Å². The molecule has 1 aromatic rings. The number of rotatable bonds is 6. The minimum absolute atomic E-state index is 0.0619. The standard InChI is InChI=1S/C15H22N2O3S/c1-8(2)7-17(3)14-10(15(19)20-4)11(16)13(21-14)12(18)9-5-6-9/h8-9H,5-7,16H2,1-4H3. The Morgan fingerprint density at radius 3 is 2.52 bits per heavy atom. The third-order valence-electron chi connectivity index (χ3n) is 3.47. The number of nitrogens with two attached hydrogens (primary N) is 1. The molecule has 116 valence electrons. The molecule has 1 heterocycles. The van der Waals surface area contributed by atoms with Crippen LogP contribution in [-0.2, 0) is 4.74 Å². The lowest BCUT2D eigenvalue weighted by molar-refractivity contribution is 0.0603. The van der Waals surface area contributed by atoms with Gasteiger partial charge in [-0.3, -0.25) is 4.79 Å². The van der Waals surface area contributed by atoms with Crippen molar-refractivity contribution in [1.82, 2.24) is 0 Å². The highest BCUT2D eigenvalue weighted by molar-refractivity contribution is 7.19. The quantitative estimate of drug-likeness (QED) is 0.646. The highest BCUT2D eigenvalue weighted by Crippen LogP contribution is 2.43. The number of hydrogen-bond acceptors (Lipinski definition) is 6. The van der Waals surface area contributed by atoms with Gasteiger partial charge in [0.05, 0.1) is 17.7 Å². The minimum atomic E-state index is -0.482. The fourth-order valence-electron chi connectivity index (χ4n) is 2.34. The number of esters is 1. The maximum absolute atomic E-state index is 12.3. The minimum Gasteiger partial charge on any atom is -0.465 e. The molecule has 0 spiro atoms. The molecular formula is C15H22N2O3S. The van der Waals surface area contributed by atoms with Crippen LogP contribution in [0.25, 0.3) is 0 Å². The third-order valence-corrected chi connectivity index (χ3v) is 4.81. The first-order valence-corrected chi connectivity index (χ1v) is 7.94. The van der Waals surface area contributed by atoms with Crippen molar-refractivity contribution in [3.63, 3.8) is 0 Å². The SMILES string of the molecule is COC(=O)c1c(N(C)CC(C)C)sc(C(=O)C2CC2)c1N. The molecule has 1 aliphatic rings.